The normalized spacial score (nSPS) is 17.6. The number of hydrogen-bond donors (Lipinski definition) is 2. The molecule has 5 heteroatoms. The Hall–Kier alpha value is -1.33. The summed E-state index contributed by atoms with van der Waals surface area (Å²) in [5, 5.41) is 12.1. The number of carbonyl (C=O) groups is 1. The van der Waals surface area contributed by atoms with Crippen LogP contribution in [0.1, 0.15) is 44.4 Å². The van der Waals surface area contributed by atoms with E-state index in [0.717, 1.165) is 18.6 Å². The second kappa shape index (κ2) is 7.45. The molecule has 0 bridgehead atoms. The molecule has 1 aromatic heterocycles. The summed E-state index contributed by atoms with van der Waals surface area (Å²) in [7, 11) is 0. The summed E-state index contributed by atoms with van der Waals surface area (Å²) < 4.78 is 5.28. The van der Waals surface area contributed by atoms with Crippen LogP contribution in [0.15, 0.2) is 22.8 Å². The molecule has 1 atom stereocenters. The van der Waals surface area contributed by atoms with Gasteiger partial charge in [0.25, 0.3) is 0 Å². The predicted molar refractivity (Wildman–Crippen MR) is 76.2 cm³/mol. The Morgan fingerprint density at radius 3 is 2.90 bits per heavy atom. The average Bonchev–Trinajstić information content (AvgIpc) is 3.11. The Kier molecular flexibility index (Phi) is 5.61. The summed E-state index contributed by atoms with van der Waals surface area (Å²) in [5.74, 6) is 0.738. The lowest BCUT2D eigenvalue weighted by Crippen LogP contribution is -2.43. The van der Waals surface area contributed by atoms with E-state index in [1.54, 1.807) is 6.26 Å². The van der Waals surface area contributed by atoms with Crippen molar-refractivity contribution in [2.24, 2.45) is 0 Å². The Morgan fingerprint density at radius 2 is 2.30 bits per heavy atom. The molecular weight excluding hydrogens is 256 g/mol. The highest BCUT2D eigenvalue weighted by atomic mass is 16.3. The minimum atomic E-state index is -0.128. The molecule has 0 spiro atoms. The van der Waals surface area contributed by atoms with Gasteiger partial charge in [-0.1, -0.05) is 12.8 Å². The minimum Gasteiger partial charge on any atom is -0.467 e. The zero-order valence-corrected chi connectivity index (χ0v) is 12.0. The van der Waals surface area contributed by atoms with Crippen LogP contribution in [0.3, 0.4) is 0 Å². The third kappa shape index (κ3) is 4.08. The highest BCUT2D eigenvalue weighted by Crippen LogP contribution is 2.23. The van der Waals surface area contributed by atoms with Gasteiger partial charge in [-0.25, -0.2) is 0 Å². The first-order chi connectivity index (χ1) is 9.70. The van der Waals surface area contributed by atoms with Gasteiger partial charge in [-0.2, -0.15) is 0 Å². The minimum absolute atomic E-state index is 0.0192. The van der Waals surface area contributed by atoms with Gasteiger partial charge in [-0.3, -0.25) is 9.69 Å². The molecule has 0 aliphatic heterocycles. The van der Waals surface area contributed by atoms with Gasteiger partial charge in [-0.05, 0) is 31.9 Å². The van der Waals surface area contributed by atoms with Gasteiger partial charge in [-0.15, -0.1) is 0 Å². The summed E-state index contributed by atoms with van der Waals surface area (Å²) in [6.45, 7) is 2.91. The molecule has 112 valence electrons. The molecule has 20 heavy (non-hydrogen) atoms. The highest BCUT2D eigenvalue weighted by Gasteiger charge is 2.24. The zero-order chi connectivity index (χ0) is 14.4. The fraction of sp³-hybridized carbons (Fsp3) is 0.667. The van der Waals surface area contributed by atoms with Gasteiger partial charge in [0, 0.05) is 12.6 Å². The number of nitrogens with one attached hydrogen (secondary N) is 1. The molecule has 1 fully saturated rings. The van der Waals surface area contributed by atoms with E-state index >= 15 is 0 Å². The first-order valence-electron chi connectivity index (χ1n) is 7.38. The second-order valence-corrected chi connectivity index (χ2v) is 5.44. The second-order valence-electron chi connectivity index (χ2n) is 5.44. The van der Waals surface area contributed by atoms with Crippen LogP contribution in [0.4, 0.5) is 0 Å². The molecule has 0 saturated heterocycles. The van der Waals surface area contributed by atoms with Crippen LogP contribution in [0.2, 0.25) is 0 Å². The number of aliphatic hydroxyl groups is 1. The van der Waals surface area contributed by atoms with Gasteiger partial charge >= 0.3 is 0 Å². The lowest BCUT2D eigenvalue weighted by atomic mass is 10.2. The smallest absolute Gasteiger partial charge is 0.234 e. The Bertz CT molecular complexity index is 399. The van der Waals surface area contributed by atoms with E-state index in [4.69, 9.17) is 9.52 Å². The fourth-order valence-electron chi connectivity index (χ4n) is 2.87. The van der Waals surface area contributed by atoms with Crippen molar-refractivity contribution in [2.75, 3.05) is 19.7 Å². The van der Waals surface area contributed by atoms with Crippen LogP contribution in [0.25, 0.3) is 0 Å². The summed E-state index contributed by atoms with van der Waals surface area (Å²) >= 11 is 0. The number of rotatable bonds is 7. The first kappa shape index (κ1) is 15.1. The fourth-order valence-corrected chi connectivity index (χ4v) is 2.87. The summed E-state index contributed by atoms with van der Waals surface area (Å²) in [6.07, 6.45) is 6.30. The molecule has 1 amide bonds. The van der Waals surface area contributed by atoms with Gasteiger partial charge in [0.15, 0.2) is 0 Å². The van der Waals surface area contributed by atoms with Crippen LogP contribution >= 0.6 is 0 Å². The quantitative estimate of drug-likeness (QED) is 0.798. The van der Waals surface area contributed by atoms with Crippen LogP contribution < -0.4 is 5.32 Å². The lowest BCUT2D eigenvalue weighted by molar-refractivity contribution is -0.123. The van der Waals surface area contributed by atoms with Crippen LogP contribution in [0.5, 0.6) is 0 Å². The van der Waals surface area contributed by atoms with E-state index < -0.39 is 0 Å². The number of nitrogens with zero attached hydrogens (tertiary/aromatic N) is 1. The van der Waals surface area contributed by atoms with Crippen molar-refractivity contribution in [1.82, 2.24) is 10.2 Å². The summed E-state index contributed by atoms with van der Waals surface area (Å²) in [4.78, 5) is 14.2. The maximum atomic E-state index is 12.1. The molecule has 2 N–H and O–H groups in total. The molecular formula is C15H24N2O3. The average molecular weight is 280 g/mol. The van der Waals surface area contributed by atoms with Crippen molar-refractivity contribution in [3.63, 3.8) is 0 Å². The van der Waals surface area contributed by atoms with Gasteiger partial charge < -0.3 is 14.8 Å². The molecule has 1 saturated carbocycles. The van der Waals surface area contributed by atoms with E-state index in [2.05, 4.69) is 10.2 Å². The third-order valence-corrected chi connectivity index (χ3v) is 3.92. The molecule has 1 aromatic rings. The standard InChI is InChI=1S/C15H24N2O3/c1-12(14-7-4-10-20-14)16-15(19)11-17(8-9-18)13-5-2-3-6-13/h4,7,10,12-13,18H,2-3,5-6,8-9,11H2,1H3,(H,16,19). The van der Waals surface area contributed by atoms with Crippen molar-refractivity contribution >= 4 is 5.91 Å². The summed E-state index contributed by atoms with van der Waals surface area (Å²) in [5.41, 5.74) is 0. The number of amides is 1. The van der Waals surface area contributed by atoms with Crippen LogP contribution in [-0.2, 0) is 4.79 Å². The molecule has 1 unspecified atom stereocenters. The molecule has 1 aliphatic carbocycles. The van der Waals surface area contributed by atoms with Gasteiger partial charge in [0.2, 0.25) is 5.91 Å². The highest BCUT2D eigenvalue weighted by molar-refractivity contribution is 5.78. The van der Waals surface area contributed by atoms with Crippen molar-refractivity contribution < 1.29 is 14.3 Å². The molecule has 1 aliphatic rings. The molecule has 0 aromatic carbocycles. The first-order valence-corrected chi connectivity index (χ1v) is 7.38. The Morgan fingerprint density at radius 1 is 1.55 bits per heavy atom. The predicted octanol–water partition coefficient (Wildman–Crippen LogP) is 1.69. The maximum absolute atomic E-state index is 12.1. The van der Waals surface area contributed by atoms with Gasteiger partial charge in [0.05, 0.1) is 25.5 Å². The zero-order valence-electron chi connectivity index (χ0n) is 12.0. The molecule has 0 radical (unpaired) electrons. The van der Waals surface area contributed by atoms with Crippen molar-refractivity contribution in [1.29, 1.82) is 0 Å². The Labute approximate surface area is 119 Å². The third-order valence-electron chi connectivity index (χ3n) is 3.92. The molecule has 1 heterocycles. The SMILES string of the molecule is CC(NC(=O)CN(CCO)C1CCCC1)c1ccco1. The van der Waals surface area contributed by atoms with E-state index in [1.165, 1.54) is 12.8 Å². The van der Waals surface area contributed by atoms with Crippen molar-refractivity contribution in [2.45, 2.75) is 44.7 Å². The number of aliphatic hydroxyl groups excluding tert-OH is 1. The monoisotopic (exact) mass is 280 g/mol. The topological polar surface area (TPSA) is 65.7 Å². The molecule has 5 nitrogen and oxygen atoms in total. The van der Waals surface area contributed by atoms with Gasteiger partial charge in [0.1, 0.15) is 5.76 Å². The molecule has 2 rings (SSSR count). The van der Waals surface area contributed by atoms with E-state index in [0.29, 0.717) is 19.1 Å². The largest absolute Gasteiger partial charge is 0.467 e. The van der Waals surface area contributed by atoms with E-state index in [9.17, 15) is 4.79 Å². The maximum Gasteiger partial charge on any atom is 0.234 e. The van der Waals surface area contributed by atoms with Crippen molar-refractivity contribution in [3.8, 4) is 0 Å². The Balaban J connectivity index is 1.84. The van der Waals surface area contributed by atoms with Crippen LogP contribution in [0, 0.1) is 0 Å². The number of carbonyl (C=O) groups excluding carboxylic acids is 1. The van der Waals surface area contributed by atoms with E-state index in [1.807, 2.05) is 19.1 Å². The number of hydrogen-bond acceptors (Lipinski definition) is 4. The van der Waals surface area contributed by atoms with E-state index in [-0.39, 0.29) is 18.6 Å². The summed E-state index contributed by atoms with van der Waals surface area (Å²) in [6, 6.07) is 3.98. The van der Waals surface area contributed by atoms with Crippen molar-refractivity contribution in [3.05, 3.63) is 24.2 Å². The lowest BCUT2D eigenvalue weighted by Gasteiger charge is -2.27. The van der Waals surface area contributed by atoms with Crippen LogP contribution in [-0.4, -0.2) is 41.7 Å². The number of furan rings is 1.